The second kappa shape index (κ2) is 8.44. The summed E-state index contributed by atoms with van der Waals surface area (Å²) < 4.78 is 0. The van der Waals surface area contributed by atoms with Crippen LogP contribution in [0, 0.1) is 0 Å². The Kier molecular flexibility index (Phi) is 5.46. The maximum absolute atomic E-state index is 3.53. The summed E-state index contributed by atoms with van der Waals surface area (Å²) in [6.45, 7) is 8.69. The van der Waals surface area contributed by atoms with Crippen molar-refractivity contribution < 1.29 is 0 Å². The van der Waals surface area contributed by atoms with E-state index in [1.54, 1.807) is 0 Å². The van der Waals surface area contributed by atoms with Crippen molar-refractivity contribution in [1.82, 2.24) is 0 Å². The van der Waals surface area contributed by atoms with Crippen LogP contribution in [0.1, 0.15) is 49.9 Å². The molecular weight excluding hydrogens is 400 g/mol. The Morgan fingerprint density at radius 1 is 0.485 bits per heavy atom. The molecule has 5 rings (SSSR count). The van der Waals surface area contributed by atoms with E-state index in [9.17, 15) is 0 Å². The average Bonchev–Trinajstić information content (AvgIpc) is 3.11. The smallest absolute Gasteiger partial charge is 0.0713 e. The largest absolute Gasteiger partial charge is 0.383 e. The number of nitrogens with one attached hydrogen (secondary N) is 2. The number of fused-ring (bicyclic) bond motifs is 3. The van der Waals surface area contributed by atoms with Crippen LogP contribution in [0.15, 0.2) is 97.1 Å². The topological polar surface area (TPSA) is 24.1 Å². The van der Waals surface area contributed by atoms with Crippen LogP contribution < -0.4 is 10.6 Å². The molecule has 0 saturated carbocycles. The molecule has 2 N–H and O–H groups in total. The average molecular weight is 433 g/mol. The number of anilines is 2. The van der Waals surface area contributed by atoms with Gasteiger partial charge in [-0.3, -0.25) is 0 Å². The van der Waals surface area contributed by atoms with Gasteiger partial charge in [0.15, 0.2) is 0 Å². The summed E-state index contributed by atoms with van der Waals surface area (Å²) in [4.78, 5) is 0. The SMILES string of the molecule is CC(C)Nc1ccc(C2(c3ccc(NC(C)C)cc3)c3ccccc3-c3ccccc32)cc1. The van der Waals surface area contributed by atoms with Gasteiger partial charge in [-0.05, 0) is 85.3 Å². The van der Waals surface area contributed by atoms with Crippen LogP contribution in [0.3, 0.4) is 0 Å². The highest BCUT2D eigenvalue weighted by Gasteiger charge is 2.45. The summed E-state index contributed by atoms with van der Waals surface area (Å²) in [6.07, 6.45) is 0. The summed E-state index contributed by atoms with van der Waals surface area (Å²) in [7, 11) is 0. The summed E-state index contributed by atoms with van der Waals surface area (Å²) >= 11 is 0. The molecular formula is C31H32N2. The van der Waals surface area contributed by atoms with E-state index >= 15 is 0 Å². The minimum absolute atomic E-state index is 0.347. The van der Waals surface area contributed by atoms with Crippen LogP contribution in [0.5, 0.6) is 0 Å². The molecule has 1 aliphatic carbocycles. The zero-order valence-corrected chi connectivity index (χ0v) is 19.9. The molecule has 1 aliphatic rings. The summed E-state index contributed by atoms with van der Waals surface area (Å²) in [6, 6.07) is 36.6. The third kappa shape index (κ3) is 3.60. The summed E-state index contributed by atoms with van der Waals surface area (Å²) in [5.74, 6) is 0. The summed E-state index contributed by atoms with van der Waals surface area (Å²) in [5, 5.41) is 7.06. The van der Waals surface area contributed by atoms with E-state index in [4.69, 9.17) is 0 Å². The van der Waals surface area contributed by atoms with Crippen molar-refractivity contribution >= 4 is 11.4 Å². The first-order valence-corrected chi connectivity index (χ1v) is 11.9. The van der Waals surface area contributed by atoms with E-state index in [1.807, 2.05) is 0 Å². The molecule has 0 spiro atoms. The van der Waals surface area contributed by atoms with Crippen LogP contribution >= 0.6 is 0 Å². The van der Waals surface area contributed by atoms with Crippen molar-refractivity contribution in [2.24, 2.45) is 0 Å². The maximum Gasteiger partial charge on any atom is 0.0713 e. The van der Waals surface area contributed by atoms with Gasteiger partial charge in [-0.1, -0.05) is 72.8 Å². The second-order valence-corrected chi connectivity index (χ2v) is 9.59. The van der Waals surface area contributed by atoms with Crippen molar-refractivity contribution in [3.8, 4) is 11.1 Å². The molecule has 4 aromatic carbocycles. The van der Waals surface area contributed by atoms with Gasteiger partial charge in [-0.25, -0.2) is 0 Å². The summed E-state index contributed by atoms with van der Waals surface area (Å²) in [5.41, 5.74) is 9.88. The lowest BCUT2D eigenvalue weighted by molar-refractivity contribution is 0.768. The lowest BCUT2D eigenvalue weighted by Gasteiger charge is -2.34. The normalized spacial score (nSPS) is 13.6. The van der Waals surface area contributed by atoms with E-state index in [-0.39, 0.29) is 5.41 Å². The highest BCUT2D eigenvalue weighted by atomic mass is 14.9. The number of hydrogen-bond donors (Lipinski definition) is 2. The van der Waals surface area contributed by atoms with E-state index in [1.165, 1.54) is 33.4 Å². The molecule has 0 radical (unpaired) electrons. The molecule has 0 bridgehead atoms. The fourth-order valence-electron chi connectivity index (χ4n) is 5.32. The Labute approximate surface area is 197 Å². The van der Waals surface area contributed by atoms with Crippen molar-refractivity contribution in [1.29, 1.82) is 0 Å². The molecule has 0 aliphatic heterocycles. The van der Waals surface area contributed by atoms with Crippen molar-refractivity contribution in [3.05, 3.63) is 119 Å². The number of benzene rings is 4. The standard InChI is InChI=1S/C31H32N2/c1-21(2)32-25-17-13-23(14-18-25)31(24-15-19-26(20-16-24)33-22(3)4)29-11-7-5-9-27(29)28-10-6-8-12-30(28)31/h5-22,32-33H,1-4H3. The zero-order chi connectivity index (χ0) is 23.0. The zero-order valence-electron chi connectivity index (χ0n) is 19.9. The van der Waals surface area contributed by atoms with E-state index in [0.717, 1.165) is 11.4 Å². The molecule has 0 fully saturated rings. The monoisotopic (exact) mass is 432 g/mol. The van der Waals surface area contributed by atoms with Gasteiger partial charge in [0.1, 0.15) is 0 Å². The lowest BCUT2D eigenvalue weighted by Crippen LogP contribution is -2.28. The number of hydrogen-bond acceptors (Lipinski definition) is 2. The van der Waals surface area contributed by atoms with Gasteiger partial charge in [0, 0.05) is 23.5 Å². The third-order valence-corrected chi connectivity index (χ3v) is 6.50. The van der Waals surface area contributed by atoms with Crippen molar-refractivity contribution in [2.45, 2.75) is 45.2 Å². The van der Waals surface area contributed by atoms with Gasteiger partial charge in [-0.15, -0.1) is 0 Å². The third-order valence-electron chi connectivity index (χ3n) is 6.50. The Morgan fingerprint density at radius 2 is 0.848 bits per heavy atom. The molecule has 0 amide bonds. The molecule has 33 heavy (non-hydrogen) atoms. The second-order valence-electron chi connectivity index (χ2n) is 9.59. The van der Waals surface area contributed by atoms with Crippen LogP contribution in [0.25, 0.3) is 11.1 Å². The molecule has 166 valence electrons. The highest BCUT2D eigenvalue weighted by molar-refractivity contribution is 5.86. The first-order valence-electron chi connectivity index (χ1n) is 11.9. The number of rotatable bonds is 6. The predicted molar refractivity (Wildman–Crippen MR) is 141 cm³/mol. The Balaban J connectivity index is 1.75. The minimum Gasteiger partial charge on any atom is -0.383 e. The van der Waals surface area contributed by atoms with Gasteiger partial charge < -0.3 is 10.6 Å². The van der Waals surface area contributed by atoms with E-state index in [0.29, 0.717) is 12.1 Å². The van der Waals surface area contributed by atoms with E-state index < -0.39 is 0 Å². The Hall–Kier alpha value is -3.52. The van der Waals surface area contributed by atoms with Crippen LogP contribution in [0.2, 0.25) is 0 Å². The maximum atomic E-state index is 3.53. The minimum atomic E-state index is -0.347. The quantitative estimate of drug-likeness (QED) is 0.287. The first-order chi connectivity index (χ1) is 16.0. The van der Waals surface area contributed by atoms with Crippen molar-refractivity contribution in [2.75, 3.05) is 10.6 Å². The molecule has 2 heteroatoms. The van der Waals surface area contributed by atoms with E-state index in [2.05, 4.69) is 135 Å². The molecule has 0 unspecified atom stereocenters. The Bertz CT molecular complexity index is 1150. The van der Waals surface area contributed by atoms with Crippen molar-refractivity contribution in [3.63, 3.8) is 0 Å². The van der Waals surface area contributed by atoms with Gasteiger partial charge in [0.25, 0.3) is 0 Å². The molecule has 2 nitrogen and oxygen atoms in total. The van der Waals surface area contributed by atoms with Gasteiger partial charge in [-0.2, -0.15) is 0 Å². The van der Waals surface area contributed by atoms with Crippen LogP contribution in [-0.4, -0.2) is 12.1 Å². The fraction of sp³-hybridized carbons (Fsp3) is 0.226. The highest BCUT2D eigenvalue weighted by Crippen LogP contribution is 2.56. The molecule has 4 aromatic rings. The molecule has 0 heterocycles. The molecule has 0 atom stereocenters. The molecule has 0 saturated heterocycles. The first kappa shape index (κ1) is 21.3. The van der Waals surface area contributed by atoms with Crippen LogP contribution in [-0.2, 0) is 5.41 Å². The van der Waals surface area contributed by atoms with Crippen LogP contribution in [0.4, 0.5) is 11.4 Å². The molecule has 0 aromatic heterocycles. The Morgan fingerprint density at radius 3 is 1.21 bits per heavy atom. The fourth-order valence-corrected chi connectivity index (χ4v) is 5.32. The van der Waals surface area contributed by atoms with Gasteiger partial charge in [0.2, 0.25) is 0 Å². The van der Waals surface area contributed by atoms with Gasteiger partial charge in [0.05, 0.1) is 5.41 Å². The van der Waals surface area contributed by atoms with Gasteiger partial charge >= 0.3 is 0 Å². The predicted octanol–water partition coefficient (Wildman–Crippen LogP) is 7.69. The lowest BCUT2D eigenvalue weighted by atomic mass is 9.67.